The van der Waals surface area contributed by atoms with E-state index in [9.17, 15) is 17.7 Å². The van der Waals surface area contributed by atoms with Crippen molar-refractivity contribution in [2.75, 3.05) is 11.8 Å². The van der Waals surface area contributed by atoms with Crippen LogP contribution in [0.5, 0.6) is 0 Å². The number of aryl methyl sites for hydroxylation is 1. The lowest BCUT2D eigenvalue weighted by atomic mass is 10.1. The fourth-order valence-electron chi connectivity index (χ4n) is 2.11. The Labute approximate surface area is 153 Å². The van der Waals surface area contributed by atoms with Crippen LogP contribution >= 0.6 is 30.7 Å². The Bertz CT molecular complexity index is 797. The van der Waals surface area contributed by atoms with Crippen LogP contribution in [0.2, 0.25) is 10.0 Å². The maximum Gasteiger partial charge on any atom is 0.419 e. The minimum atomic E-state index is -4.75. The van der Waals surface area contributed by atoms with Gasteiger partial charge in [-0.2, -0.15) is 13.2 Å². The van der Waals surface area contributed by atoms with E-state index in [1.54, 1.807) is 19.1 Å². The molecule has 0 saturated carbocycles. The van der Waals surface area contributed by atoms with Gasteiger partial charge in [-0.15, -0.1) is 0 Å². The van der Waals surface area contributed by atoms with Gasteiger partial charge in [-0.1, -0.05) is 41.4 Å². The zero-order valence-electron chi connectivity index (χ0n) is 13.3. The van der Waals surface area contributed by atoms with Crippen molar-refractivity contribution in [3.63, 3.8) is 0 Å². The van der Waals surface area contributed by atoms with E-state index in [1.807, 2.05) is 0 Å². The molecule has 1 N–H and O–H groups in total. The lowest BCUT2D eigenvalue weighted by molar-refractivity contribution is -0.197. The van der Waals surface area contributed by atoms with Gasteiger partial charge < -0.3 is 5.09 Å². The van der Waals surface area contributed by atoms with E-state index in [4.69, 9.17) is 27.7 Å². The molecule has 0 bridgehead atoms. The van der Waals surface area contributed by atoms with Crippen molar-refractivity contribution in [2.24, 2.45) is 0 Å². The third kappa shape index (κ3) is 5.65. The summed E-state index contributed by atoms with van der Waals surface area (Å²) in [5.41, 5.74) is 0.823. The van der Waals surface area contributed by atoms with Crippen LogP contribution in [0.4, 0.5) is 18.9 Å². The lowest BCUT2D eigenvalue weighted by Crippen LogP contribution is -2.23. The highest BCUT2D eigenvalue weighted by molar-refractivity contribution is 7.59. The average Bonchev–Trinajstić information content (AvgIpc) is 2.48. The number of rotatable bonds is 5. The number of hydrogen-bond donors (Lipinski definition) is 1. The smallest absolute Gasteiger partial charge is 0.315 e. The number of alkyl halides is 3. The molecule has 0 aliphatic rings. The van der Waals surface area contributed by atoms with E-state index >= 15 is 0 Å². The molecule has 0 unspecified atom stereocenters. The van der Waals surface area contributed by atoms with Crippen molar-refractivity contribution in [3.05, 3.63) is 63.6 Å². The second kappa shape index (κ2) is 7.58. The number of anilines is 1. The molecule has 2 aromatic carbocycles. The zero-order chi connectivity index (χ0) is 18.8. The molecule has 136 valence electrons. The molecule has 0 amide bonds. The van der Waals surface area contributed by atoms with Crippen LogP contribution in [-0.2, 0) is 9.09 Å². The van der Waals surface area contributed by atoms with Gasteiger partial charge in [-0.05, 0) is 42.3 Å². The minimum Gasteiger partial charge on any atom is -0.315 e. The predicted molar refractivity (Wildman–Crippen MR) is 94.7 cm³/mol. The molecule has 25 heavy (non-hydrogen) atoms. The van der Waals surface area contributed by atoms with Crippen LogP contribution in [0.3, 0.4) is 0 Å². The highest BCUT2D eigenvalue weighted by atomic mass is 35.5. The quantitative estimate of drug-likeness (QED) is 0.546. The molecule has 0 heterocycles. The van der Waals surface area contributed by atoms with Crippen LogP contribution in [0.25, 0.3) is 0 Å². The first-order chi connectivity index (χ1) is 11.5. The average molecular weight is 412 g/mol. The molecule has 9 heteroatoms. The summed E-state index contributed by atoms with van der Waals surface area (Å²) in [6.45, 7) is 2.79. The SMILES string of the molecule is Cc1ccc(Cl)cc1N[P@@](C)(=O)O[C@@H](c1ccc(Cl)cc1)C(F)(F)F. The van der Waals surface area contributed by atoms with Gasteiger partial charge in [0.2, 0.25) is 0 Å². The van der Waals surface area contributed by atoms with E-state index in [1.165, 1.54) is 30.3 Å². The van der Waals surface area contributed by atoms with Crippen LogP contribution in [0.15, 0.2) is 42.5 Å². The fraction of sp³-hybridized carbons (Fsp3) is 0.250. The maximum absolute atomic E-state index is 13.4. The van der Waals surface area contributed by atoms with E-state index < -0.39 is 19.8 Å². The first kappa shape index (κ1) is 20.1. The summed E-state index contributed by atoms with van der Waals surface area (Å²) in [5.74, 6) is 0. The summed E-state index contributed by atoms with van der Waals surface area (Å²) < 4.78 is 57.8. The van der Waals surface area contributed by atoms with Gasteiger partial charge in [-0.3, -0.25) is 9.09 Å². The van der Waals surface area contributed by atoms with Crippen molar-refractivity contribution >= 4 is 36.4 Å². The van der Waals surface area contributed by atoms with Gasteiger partial charge in [0, 0.05) is 22.4 Å². The van der Waals surface area contributed by atoms with Gasteiger partial charge in [-0.25, -0.2) is 0 Å². The predicted octanol–water partition coefficient (Wildman–Crippen LogP) is 6.86. The van der Waals surface area contributed by atoms with Gasteiger partial charge in [0.05, 0.1) is 0 Å². The molecule has 2 atom stereocenters. The van der Waals surface area contributed by atoms with E-state index in [2.05, 4.69) is 5.09 Å². The van der Waals surface area contributed by atoms with Crippen molar-refractivity contribution in [1.82, 2.24) is 0 Å². The highest BCUT2D eigenvalue weighted by Gasteiger charge is 2.45. The Morgan fingerprint density at radius 3 is 2.20 bits per heavy atom. The van der Waals surface area contributed by atoms with E-state index in [-0.39, 0.29) is 10.6 Å². The number of nitrogens with one attached hydrogen (secondary N) is 1. The lowest BCUT2D eigenvalue weighted by Gasteiger charge is -2.26. The molecule has 0 aromatic heterocycles. The third-order valence-corrected chi connectivity index (χ3v) is 5.05. The second-order valence-electron chi connectivity index (χ2n) is 5.50. The first-order valence-electron chi connectivity index (χ1n) is 7.10. The summed E-state index contributed by atoms with van der Waals surface area (Å²) in [6.07, 6.45) is -7.10. The summed E-state index contributed by atoms with van der Waals surface area (Å²) in [6, 6.07) is 9.75. The van der Waals surface area contributed by atoms with E-state index in [0.29, 0.717) is 16.3 Å². The van der Waals surface area contributed by atoms with Crippen LogP contribution in [0.1, 0.15) is 17.2 Å². The Morgan fingerprint density at radius 1 is 1.08 bits per heavy atom. The molecule has 0 fully saturated rings. The molecule has 2 aromatic rings. The molecule has 0 saturated heterocycles. The van der Waals surface area contributed by atoms with Crippen molar-refractivity contribution in [1.29, 1.82) is 0 Å². The summed E-state index contributed by atoms with van der Waals surface area (Å²) in [5, 5.41) is 3.18. The fourth-order valence-corrected chi connectivity index (χ4v) is 3.78. The number of halogens is 5. The molecule has 3 nitrogen and oxygen atoms in total. The molecule has 0 aliphatic carbocycles. The number of hydrogen-bond acceptors (Lipinski definition) is 2. The largest absolute Gasteiger partial charge is 0.419 e. The Morgan fingerprint density at radius 2 is 1.64 bits per heavy atom. The summed E-state index contributed by atoms with van der Waals surface area (Å²) >= 11 is 11.6. The summed E-state index contributed by atoms with van der Waals surface area (Å²) in [7, 11) is -3.85. The molecular formula is C16H15Cl2F3NO2P. The van der Waals surface area contributed by atoms with Crippen molar-refractivity contribution < 1.29 is 22.3 Å². The van der Waals surface area contributed by atoms with E-state index in [0.717, 1.165) is 6.66 Å². The van der Waals surface area contributed by atoms with Crippen LogP contribution in [-0.4, -0.2) is 12.8 Å². The zero-order valence-corrected chi connectivity index (χ0v) is 15.7. The van der Waals surface area contributed by atoms with Crippen LogP contribution < -0.4 is 5.09 Å². The van der Waals surface area contributed by atoms with Crippen LogP contribution in [0, 0.1) is 6.92 Å². The molecule has 2 rings (SSSR count). The topological polar surface area (TPSA) is 38.3 Å². The van der Waals surface area contributed by atoms with Gasteiger partial charge in [0.15, 0.2) is 6.10 Å². The monoisotopic (exact) mass is 411 g/mol. The Kier molecular flexibility index (Phi) is 6.10. The van der Waals surface area contributed by atoms with Crippen molar-refractivity contribution in [2.45, 2.75) is 19.2 Å². The van der Waals surface area contributed by atoms with Gasteiger partial charge in [0.25, 0.3) is 7.52 Å². The molecule has 0 radical (unpaired) electrons. The molecular weight excluding hydrogens is 397 g/mol. The first-order valence-corrected chi connectivity index (χ1v) is 9.93. The van der Waals surface area contributed by atoms with Gasteiger partial charge in [0.1, 0.15) is 0 Å². The van der Waals surface area contributed by atoms with Crippen molar-refractivity contribution in [3.8, 4) is 0 Å². The molecule has 0 spiro atoms. The normalized spacial score (nSPS) is 15.5. The highest BCUT2D eigenvalue weighted by Crippen LogP contribution is 2.52. The molecule has 0 aliphatic heterocycles. The minimum absolute atomic E-state index is 0.191. The van der Waals surface area contributed by atoms with Gasteiger partial charge >= 0.3 is 6.18 Å². The number of benzene rings is 2. The summed E-state index contributed by atoms with van der Waals surface area (Å²) in [4.78, 5) is 0. The second-order valence-corrected chi connectivity index (χ2v) is 8.49. The Hall–Kier alpha value is -1.20. The third-order valence-electron chi connectivity index (χ3n) is 3.30. The standard InChI is InChI=1S/C16H15Cl2F3NO2P/c1-10-3-6-13(18)9-14(10)22-25(2,23)24-15(16(19,20)21)11-4-7-12(17)8-5-11/h3-9,15H,1-2H3,(H,22,23)/t15-,25-/m0/s1. The maximum atomic E-state index is 13.4. The Balaban J connectivity index is 2.29.